The molecule has 0 unspecified atom stereocenters. The van der Waals surface area contributed by atoms with Crippen molar-refractivity contribution in [3.05, 3.63) is 24.3 Å². The molecule has 0 aliphatic carbocycles. The van der Waals surface area contributed by atoms with E-state index in [9.17, 15) is 4.79 Å². The lowest BCUT2D eigenvalue weighted by Gasteiger charge is -2.24. The number of hydrogen-bond donors (Lipinski definition) is 2. The maximum atomic E-state index is 10.8. The number of ether oxygens (including phenoxy) is 1. The van der Waals surface area contributed by atoms with Gasteiger partial charge in [0.05, 0.1) is 5.69 Å². The molecule has 1 heterocycles. The predicted molar refractivity (Wildman–Crippen MR) is 48.5 cm³/mol. The summed E-state index contributed by atoms with van der Waals surface area (Å²) in [7, 11) is 0. The van der Waals surface area contributed by atoms with Crippen LogP contribution in [-0.4, -0.2) is 18.6 Å². The van der Waals surface area contributed by atoms with Crippen molar-refractivity contribution in [3.63, 3.8) is 0 Å². The van der Waals surface area contributed by atoms with Crippen molar-refractivity contribution in [2.75, 3.05) is 11.9 Å². The highest BCUT2D eigenvalue weighted by molar-refractivity contribution is 5.84. The number of carbonyl (C=O) groups excluding carboxylic acids is 1. The fourth-order valence-electron chi connectivity index (χ4n) is 1.27. The number of amides is 1. The highest BCUT2D eigenvalue weighted by Gasteiger charge is 2.22. The fourth-order valence-corrected chi connectivity index (χ4v) is 1.27. The normalized spacial score (nSPS) is 19.5. The average Bonchev–Trinajstić information content (AvgIpc) is 2.17. The first kappa shape index (κ1) is 7.91. The van der Waals surface area contributed by atoms with Crippen LogP contribution in [0.4, 0.5) is 5.69 Å². The molecule has 0 radical (unpaired) electrons. The summed E-state index contributed by atoms with van der Waals surface area (Å²) in [6.45, 7) is 0.298. The molecule has 4 nitrogen and oxygen atoms in total. The van der Waals surface area contributed by atoms with Gasteiger partial charge in [-0.15, -0.1) is 0 Å². The Kier molecular flexibility index (Phi) is 1.81. The van der Waals surface area contributed by atoms with Gasteiger partial charge in [0.2, 0.25) is 5.91 Å². The Balaban J connectivity index is 2.24. The van der Waals surface area contributed by atoms with Crippen LogP contribution in [0.2, 0.25) is 0 Å². The van der Waals surface area contributed by atoms with Crippen LogP contribution < -0.4 is 15.8 Å². The zero-order valence-electron chi connectivity index (χ0n) is 6.99. The summed E-state index contributed by atoms with van der Waals surface area (Å²) >= 11 is 0. The maximum absolute atomic E-state index is 10.8. The minimum Gasteiger partial charge on any atom is -0.489 e. The summed E-state index contributed by atoms with van der Waals surface area (Å²) in [6, 6.07) is 7.03. The number of hydrogen-bond acceptors (Lipinski definition) is 3. The number of para-hydroxylation sites is 2. The molecule has 1 aromatic carbocycles. The van der Waals surface area contributed by atoms with Crippen molar-refractivity contribution in [2.24, 2.45) is 5.73 Å². The molecule has 0 fully saturated rings. The first-order valence-corrected chi connectivity index (χ1v) is 4.05. The Labute approximate surface area is 75.7 Å². The summed E-state index contributed by atoms with van der Waals surface area (Å²) in [5.74, 6) is 0.370. The zero-order chi connectivity index (χ0) is 9.26. The molecule has 68 valence electrons. The third kappa shape index (κ3) is 1.42. The van der Waals surface area contributed by atoms with Gasteiger partial charge in [0.15, 0.2) is 0 Å². The molecule has 2 rings (SSSR count). The number of anilines is 1. The predicted octanol–water partition coefficient (Wildman–Crippen LogP) is 0.345. The maximum Gasteiger partial charge on any atom is 0.243 e. The smallest absolute Gasteiger partial charge is 0.243 e. The van der Waals surface area contributed by atoms with Gasteiger partial charge in [0.1, 0.15) is 18.4 Å². The summed E-state index contributed by atoms with van der Waals surface area (Å²) in [4.78, 5) is 10.8. The quantitative estimate of drug-likeness (QED) is 0.652. The van der Waals surface area contributed by atoms with Crippen molar-refractivity contribution in [1.82, 2.24) is 0 Å². The van der Waals surface area contributed by atoms with Gasteiger partial charge < -0.3 is 15.8 Å². The first-order chi connectivity index (χ1) is 6.27. The highest BCUT2D eigenvalue weighted by Crippen LogP contribution is 2.27. The Morgan fingerprint density at radius 3 is 3.08 bits per heavy atom. The Bertz CT molecular complexity index is 338. The number of rotatable bonds is 1. The van der Waals surface area contributed by atoms with E-state index in [1.165, 1.54) is 0 Å². The molecule has 0 spiro atoms. The lowest BCUT2D eigenvalue weighted by atomic mass is 10.2. The first-order valence-electron chi connectivity index (χ1n) is 4.05. The lowest BCUT2D eigenvalue weighted by molar-refractivity contribution is -0.119. The van der Waals surface area contributed by atoms with E-state index < -0.39 is 11.9 Å². The third-order valence-electron chi connectivity index (χ3n) is 1.97. The Morgan fingerprint density at radius 2 is 2.31 bits per heavy atom. The number of nitrogens with two attached hydrogens (primary N) is 1. The van der Waals surface area contributed by atoms with Crippen LogP contribution in [0.3, 0.4) is 0 Å². The molecule has 13 heavy (non-hydrogen) atoms. The standard InChI is InChI=1S/C9H10N2O2/c10-9(12)7-5-13-8-4-2-1-3-6(8)11-7/h1-4,7,11H,5H2,(H2,10,12)/t7-/m0/s1. The largest absolute Gasteiger partial charge is 0.489 e. The minimum absolute atomic E-state index is 0.298. The Hall–Kier alpha value is -1.71. The van der Waals surface area contributed by atoms with Gasteiger partial charge in [-0.1, -0.05) is 12.1 Å². The molecule has 1 amide bonds. The summed E-state index contributed by atoms with van der Waals surface area (Å²) in [5.41, 5.74) is 5.96. The molecule has 1 aliphatic heterocycles. The summed E-state index contributed by atoms with van der Waals surface area (Å²) in [5, 5.41) is 3.00. The number of carbonyl (C=O) groups is 1. The van der Waals surface area contributed by atoms with Crippen LogP contribution in [0, 0.1) is 0 Å². The molecule has 4 heteroatoms. The SMILES string of the molecule is NC(=O)[C@@H]1COc2ccccc2N1. The molecular weight excluding hydrogens is 168 g/mol. The number of nitrogens with one attached hydrogen (secondary N) is 1. The summed E-state index contributed by atoms with van der Waals surface area (Å²) < 4.78 is 5.33. The molecule has 3 N–H and O–H groups in total. The molecule has 0 aromatic heterocycles. The highest BCUT2D eigenvalue weighted by atomic mass is 16.5. The fraction of sp³-hybridized carbons (Fsp3) is 0.222. The van der Waals surface area contributed by atoms with E-state index in [4.69, 9.17) is 10.5 Å². The van der Waals surface area contributed by atoms with Crippen LogP contribution in [0.5, 0.6) is 5.75 Å². The van der Waals surface area contributed by atoms with Gasteiger partial charge in [-0.2, -0.15) is 0 Å². The monoisotopic (exact) mass is 178 g/mol. The van der Waals surface area contributed by atoms with Crippen LogP contribution in [-0.2, 0) is 4.79 Å². The van der Waals surface area contributed by atoms with E-state index in [1.807, 2.05) is 24.3 Å². The van der Waals surface area contributed by atoms with E-state index in [-0.39, 0.29) is 0 Å². The van der Waals surface area contributed by atoms with E-state index >= 15 is 0 Å². The summed E-state index contributed by atoms with van der Waals surface area (Å²) in [6.07, 6.45) is 0. The Morgan fingerprint density at radius 1 is 1.54 bits per heavy atom. The molecule has 1 aromatic rings. The van der Waals surface area contributed by atoms with E-state index in [0.29, 0.717) is 6.61 Å². The van der Waals surface area contributed by atoms with Crippen molar-refractivity contribution in [2.45, 2.75) is 6.04 Å². The van der Waals surface area contributed by atoms with Crippen LogP contribution in [0.15, 0.2) is 24.3 Å². The minimum atomic E-state index is -0.421. The topological polar surface area (TPSA) is 64.4 Å². The molecular formula is C9H10N2O2. The molecule has 0 bridgehead atoms. The van der Waals surface area contributed by atoms with Crippen LogP contribution in [0.1, 0.15) is 0 Å². The second-order valence-corrected chi connectivity index (χ2v) is 2.91. The number of benzene rings is 1. The van der Waals surface area contributed by atoms with E-state index in [2.05, 4.69) is 5.32 Å². The van der Waals surface area contributed by atoms with Crippen LogP contribution in [0.25, 0.3) is 0 Å². The van der Waals surface area contributed by atoms with Gasteiger partial charge in [-0.05, 0) is 12.1 Å². The van der Waals surface area contributed by atoms with Gasteiger partial charge in [-0.25, -0.2) is 0 Å². The number of primary amides is 1. The van der Waals surface area contributed by atoms with E-state index in [1.54, 1.807) is 0 Å². The van der Waals surface area contributed by atoms with Gasteiger partial charge in [0.25, 0.3) is 0 Å². The van der Waals surface area contributed by atoms with Gasteiger partial charge in [0, 0.05) is 0 Å². The van der Waals surface area contributed by atoms with Crippen molar-refractivity contribution >= 4 is 11.6 Å². The number of fused-ring (bicyclic) bond motifs is 1. The van der Waals surface area contributed by atoms with Gasteiger partial charge in [-0.3, -0.25) is 4.79 Å². The van der Waals surface area contributed by atoms with Crippen molar-refractivity contribution in [3.8, 4) is 5.75 Å². The zero-order valence-corrected chi connectivity index (χ0v) is 6.99. The molecule has 1 aliphatic rings. The van der Waals surface area contributed by atoms with Crippen molar-refractivity contribution in [1.29, 1.82) is 0 Å². The van der Waals surface area contributed by atoms with Crippen molar-refractivity contribution < 1.29 is 9.53 Å². The lowest BCUT2D eigenvalue weighted by Crippen LogP contribution is -2.42. The van der Waals surface area contributed by atoms with E-state index in [0.717, 1.165) is 11.4 Å². The second kappa shape index (κ2) is 2.97. The molecule has 0 saturated heterocycles. The molecule has 1 atom stereocenters. The third-order valence-corrected chi connectivity index (χ3v) is 1.97. The molecule has 0 saturated carbocycles. The van der Waals surface area contributed by atoms with Crippen LogP contribution >= 0.6 is 0 Å². The average molecular weight is 178 g/mol. The van der Waals surface area contributed by atoms with Gasteiger partial charge >= 0.3 is 0 Å². The second-order valence-electron chi connectivity index (χ2n) is 2.91.